The van der Waals surface area contributed by atoms with Crippen molar-refractivity contribution in [3.8, 4) is 11.1 Å². The van der Waals surface area contributed by atoms with Crippen LogP contribution in [0.1, 0.15) is 17.5 Å². The minimum absolute atomic E-state index is 1.19. The molecular formula is C40H32. The Morgan fingerprint density at radius 1 is 0.350 bits per heavy atom. The Kier molecular flexibility index (Phi) is 7.78. The second kappa shape index (κ2) is 12.3. The summed E-state index contributed by atoms with van der Waals surface area (Å²) in [6.45, 7) is 0. The van der Waals surface area contributed by atoms with Gasteiger partial charge >= 0.3 is 0 Å². The fourth-order valence-corrected chi connectivity index (χ4v) is 5.41. The summed E-state index contributed by atoms with van der Waals surface area (Å²) in [5.41, 5.74) is 5.47. The highest BCUT2D eigenvalue weighted by Crippen LogP contribution is 2.28. The highest BCUT2D eigenvalue weighted by molar-refractivity contribution is 6.07. The molecule has 0 spiro atoms. The van der Waals surface area contributed by atoms with Gasteiger partial charge in [0.25, 0.3) is 0 Å². The molecule has 0 saturated heterocycles. The maximum atomic E-state index is 2.27. The van der Waals surface area contributed by atoms with Crippen LogP contribution in [0.15, 0.2) is 164 Å². The van der Waals surface area contributed by atoms with Crippen LogP contribution < -0.4 is 0 Å². The summed E-state index contributed by atoms with van der Waals surface area (Å²) in [5.74, 6) is 0. The zero-order chi connectivity index (χ0) is 27.0. The van der Waals surface area contributed by atoms with Crippen molar-refractivity contribution >= 4 is 38.4 Å². The third kappa shape index (κ3) is 5.72. The molecule has 0 amide bonds. The number of hydrogen-bond donors (Lipinski definition) is 0. The van der Waals surface area contributed by atoms with Crippen molar-refractivity contribution in [3.63, 3.8) is 0 Å². The van der Waals surface area contributed by atoms with Crippen molar-refractivity contribution in [1.29, 1.82) is 0 Å². The molecule has 192 valence electrons. The molecule has 0 heteroatoms. The molecule has 0 saturated carbocycles. The van der Waals surface area contributed by atoms with Gasteiger partial charge in [0, 0.05) is 0 Å². The molecule has 0 heterocycles. The molecule has 0 unspecified atom stereocenters. The highest BCUT2D eigenvalue weighted by atomic mass is 14.1. The Bertz CT molecular complexity index is 1790. The van der Waals surface area contributed by atoms with E-state index in [1.165, 1.54) is 67.4 Å². The van der Waals surface area contributed by atoms with Gasteiger partial charge < -0.3 is 0 Å². The molecular weight excluding hydrogens is 480 g/mol. The number of rotatable bonds is 1. The molecule has 0 fully saturated rings. The van der Waals surface area contributed by atoms with Crippen LogP contribution in [0.4, 0.5) is 0 Å². The van der Waals surface area contributed by atoms with E-state index in [4.69, 9.17) is 0 Å². The first-order chi connectivity index (χ1) is 19.9. The number of fused-ring (bicyclic) bond motifs is 6. The van der Waals surface area contributed by atoms with Gasteiger partial charge in [-0.2, -0.15) is 0 Å². The molecule has 0 atom stereocenters. The largest absolute Gasteiger partial charge is 0.0836 e. The summed E-state index contributed by atoms with van der Waals surface area (Å²) < 4.78 is 0. The van der Waals surface area contributed by atoms with Gasteiger partial charge in [-0.05, 0) is 67.4 Å². The second-order valence-corrected chi connectivity index (χ2v) is 10.0. The third-order valence-electron chi connectivity index (χ3n) is 7.46. The summed E-state index contributed by atoms with van der Waals surface area (Å²) in [7, 11) is 0. The van der Waals surface area contributed by atoms with Gasteiger partial charge in [0.05, 0.1) is 0 Å². The fourth-order valence-electron chi connectivity index (χ4n) is 5.41. The SMILES string of the molecule is C1=Cc2c(ccc3ccccc23)CC1.c1ccc(-c2ccccc2)cc1.c1ccc2c(c1)ccc1ccccc12. The number of allylic oxidation sites excluding steroid dienone is 1. The minimum atomic E-state index is 1.19. The van der Waals surface area contributed by atoms with E-state index in [0.717, 1.165) is 0 Å². The van der Waals surface area contributed by atoms with E-state index in [9.17, 15) is 0 Å². The standard InChI is InChI=1S/C14H12.C14H10.C12H10/c2*1-3-7-13-11(5-1)9-10-12-6-2-4-8-14(12)13;1-3-7-11(8-4-1)12-9-5-2-6-10-12/h1,3-5,7-10H,2,6H2;1-10H;1-10H. The van der Waals surface area contributed by atoms with Crippen molar-refractivity contribution in [3.05, 3.63) is 175 Å². The van der Waals surface area contributed by atoms with Crippen LogP contribution in [-0.4, -0.2) is 0 Å². The summed E-state index contributed by atoms with van der Waals surface area (Å²) in [6.07, 6.45) is 6.91. The average molecular weight is 513 g/mol. The summed E-state index contributed by atoms with van der Waals surface area (Å²) in [5, 5.41) is 8.03. The van der Waals surface area contributed by atoms with Gasteiger partial charge in [-0.25, -0.2) is 0 Å². The van der Waals surface area contributed by atoms with Gasteiger partial charge in [0.2, 0.25) is 0 Å². The Balaban J connectivity index is 0.000000109. The molecule has 1 aliphatic carbocycles. The van der Waals surface area contributed by atoms with Gasteiger partial charge in [-0.15, -0.1) is 0 Å². The first kappa shape index (κ1) is 25.3. The second-order valence-electron chi connectivity index (χ2n) is 10.0. The van der Waals surface area contributed by atoms with Crippen LogP contribution in [0.2, 0.25) is 0 Å². The predicted octanol–water partition coefficient (Wildman–Crippen LogP) is 11.1. The van der Waals surface area contributed by atoms with Crippen molar-refractivity contribution in [2.75, 3.05) is 0 Å². The molecule has 0 aromatic heterocycles. The molecule has 7 aromatic rings. The quantitative estimate of drug-likeness (QED) is 0.192. The Hall–Kier alpha value is -4.94. The highest BCUT2D eigenvalue weighted by Gasteiger charge is 2.07. The van der Waals surface area contributed by atoms with Crippen LogP contribution >= 0.6 is 0 Å². The van der Waals surface area contributed by atoms with Crippen LogP contribution in [0.5, 0.6) is 0 Å². The Morgan fingerprint density at radius 3 is 1.32 bits per heavy atom. The molecule has 1 aliphatic rings. The third-order valence-corrected chi connectivity index (χ3v) is 7.46. The van der Waals surface area contributed by atoms with Crippen molar-refractivity contribution in [1.82, 2.24) is 0 Å². The maximum absolute atomic E-state index is 2.27. The van der Waals surface area contributed by atoms with Crippen LogP contribution in [0.3, 0.4) is 0 Å². The molecule has 8 rings (SSSR count). The normalized spacial score (nSPS) is 11.7. The minimum Gasteiger partial charge on any atom is -0.0836 e. The van der Waals surface area contributed by atoms with E-state index < -0.39 is 0 Å². The van der Waals surface area contributed by atoms with E-state index in [1.54, 1.807) is 0 Å². The Morgan fingerprint density at radius 2 is 0.775 bits per heavy atom. The molecule has 0 bridgehead atoms. The number of hydrogen-bond acceptors (Lipinski definition) is 0. The molecule has 40 heavy (non-hydrogen) atoms. The monoisotopic (exact) mass is 512 g/mol. The molecule has 0 aliphatic heterocycles. The van der Waals surface area contributed by atoms with Crippen LogP contribution in [0.25, 0.3) is 49.5 Å². The maximum Gasteiger partial charge on any atom is -0.0105 e. The van der Waals surface area contributed by atoms with Crippen LogP contribution in [0, 0.1) is 0 Å². The zero-order valence-corrected chi connectivity index (χ0v) is 22.6. The summed E-state index contributed by atoms with van der Waals surface area (Å²) in [4.78, 5) is 0. The average Bonchev–Trinajstić information content (AvgIpc) is 3.06. The topological polar surface area (TPSA) is 0 Å². The zero-order valence-electron chi connectivity index (χ0n) is 22.6. The predicted molar refractivity (Wildman–Crippen MR) is 175 cm³/mol. The summed E-state index contributed by atoms with van der Waals surface area (Å²) >= 11 is 0. The van der Waals surface area contributed by atoms with Gasteiger partial charge in [0.1, 0.15) is 0 Å². The first-order valence-corrected chi connectivity index (χ1v) is 14.0. The van der Waals surface area contributed by atoms with E-state index in [-0.39, 0.29) is 0 Å². The van der Waals surface area contributed by atoms with Crippen LogP contribution in [-0.2, 0) is 6.42 Å². The van der Waals surface area contributed by atoms with Gasteiger partial charge in [0.15, 0.2) is 0 Å². The molecule has 0 radical (unpaired) electrons. The van der Waals surface area contributed by atoms with Crippen molar-refractivity contribution in [2.24, 2.45) is 0 Å². The van der Waals surface area contributed by atoms with E-state index in [0.29, 0.717) is 0 Å². The van der Waals surface area contributed by atoms with Gasteiger partial charge in [-0.1, -0.05) is 170 Å². The fraction of sp³-hybridized carbons (Fsp3) is 0.0500. The molecule has 0 nitrogen and oxygen atoms in total. The van der Waals surface area contributed by atoms with Crippen molar-refractivity contribution < 1.29 is 0 Å². The van der Waals surface area contributed by atoms with E-state index in [1.807, 2.05) is 12.1 Å². The lowest BCUT2D eigenvalue weighted by molar-refractivity contribution is 0.990. The van der Waals surface area contributed by atoms with E-state index >= 15 is 0 Å². The first-order valence-electron chi connectivity index (χ1n) is 14.0. The lowest BCUT2D eigenvalue weighted by Crippen LogP contribution is -1.94. The van der Waals surface area contributed by atoms with Crippen molar-refractivity contribution in [2.45, 2.75) is 12.8 Å². The Labute approximate surface area is 236 Å². The van der Waals surface area contributed by atoms with E-state index in [2.05, 4.69) is 158 Å². The van der Waals surface area contributed by atoms with Gasteiger partial charge in [-0.3, -0.25) is 0 Å². The number of aryl methyl sites for hydroxylation is 1. The smallest absolute Gasteiger partial charge is 0.0105 e. The molecule has 0 N–H and O–H groups in total. The molecule has 7 aromatic carbocycles. The number of benzene rings is 7. The lowest BCUT2D eigenvalue weighted by Gasteiger charge is -2.12. The summed E-state index contributed by atoms with van der Waals surface area (Å²) in [6, 6.07) is 55.2. The lowest BCUT2D eigenvalue weighted by atomic mass is 9.92.